The van der Waals surface area contributed by atoms with Gasteiger partial charge in [0.1, 0.15) is 6.54 Å². The van der Waals surface area contributed by atoms with Crippen molar-refractivity contribution in [3.05, 3.63) is 17.9 Å². The van der Waals surface area contributed by atoms with Gasteiger partial charge in [0.25, 0.3) is 5.91 Å². The molecule has 0 aliphatic heterocycles. The molecule has 118 valence electrons. The Balaban J connectivity index is 2.23. The third kappa shape index (κ3) is 3.78. The first-order chi connectivity index (χ1) is 9.58. The van der Waals surface area contributed by atoms with Crippen molar-refractivity contribution in [2.75, 3.05) is 12.8 Å². The van der Waals surface area contributed by atoms with Gasteiger partial charge in [-0.15, -0.1) is 0 Å². The number of carbonyl (C=O) groups is 1. The van der Waals surface area contributed by atoms with Crippen LogP contribution in [0.2, 0.25) is 0 Å². The van der Waals surface area contributed by atoms with E-state index in [0.29, 0.717) is 17.7 Å². The van der Waals surface area contributed by atoms with Crippen LogP contribution in [0.4, 0.5) is 13.2 Å². The van der Waals surface area contributed by atoms with Crippen molar-refractivity contribution in [2.24, 2.45) is 0 Å². The van der Waals surface area contributed by atoms with E-state index < -0.39 is 45.4 Å². The maximum absolute atomic E-state index is 12.6. The summed E-state index contributed by atoms with van der Waals surface area (Å²) in [6, 6.07) is 1.67. The zero-order valence-electron chi connectivity index (χ0n) is 11.2. The predicted molar refractivity (Wildman–Crippen MR) is 66.5 cm³/mol. The van der Waals surface area contributed by atoms with Crippen molar-refractivity contribution >= 4 is 15.7 Å². The van der Waals surface area contributed by atoms with Crippen LogP contribution in [0.25, 0.3) is 0 Å². The summed E-state index contributed by atoms with van der Waals surface area (Å²) in [5.41, 5.74) is 0. The van der Waals surface area contributed by atoms with E-state index in [-0.39, 0.29) is 0 Å². The van der Waals surface area contributed by atoms with Crippen molar-refractivity contribution in [3.8, 4) is 0 Å². The molecular weight excluding hydrogens is 311 g/mol. The van der Waals surface area contributed by atoms with Gasteiger partial charge in [0, 0.05) is 12.3 Å². The average molecular weight is 325 g/mol. The summed E-state index contributed by atoms with van der Waals surface area (Å²) in [5.74, 6) is -1.33. The fourth-order valence-corrected chi connectivity index (χ4v) is 2.59. The smallest absolute Gasteiger partial charge is 0.406 e. The Labute approximate surface area is 119 Å². The van der Waals surface area contributed by atoms with Crippen LogP contribution in [-0.4, -0.2) is 44.2 Å². The number of alkyl halides is 3. The minimum atomic E-state index is -4.52. The second-order valence-electron chi connectivity index (χ2n) is 5.02. The van der Waals surface area contributed by atoms with Gasteiger partial charge in [0.15, 0.2) is 5.76 Å². The van der Waals surface area contributed by atoms with E-state index >= 15 is 0 Å². The number of halogens is 3. The normalized spacial score (nSPS) is 16.6. The van der Waals surface area contributed by atoms with E-state index in [1.807, 2.05) is 0 Å². The highest BCUT2D eigenvalue weighted by atomic mass is 32.2. The zero-order valence-corrected chi connectivity index (χ0v) is 12.0. The lowest BCUT2D eigenvalue weighted by Crippen LogP contribution is -2.48. The Bertz CT molecular complexity index is 631. The van der Waals surface area contributed by atoms with Crippen LogP contribution in [-0.2, 0) is 9.84 Å². The maximum atomic E-state index is 12.6. The minimum Gasteiger partial charge on any atom is -0.440 e. The van der Waals surface area contributed by atoms with Gasteiger partial charge in [-0.25, -0.2) is 8.42 Å². The highest BCUT2D eigenvalue weighted by molar-refractivity contribution is 7.90. The summed E-state index contributed by atoms with van der Waals surface area (Å²) in [7, 11) is -3.65. The molecule has 1 aromatic heterocycles. The van der Waals surface area contributed by atoms with Crippen LogP contribution in [0.5, 0.6) is 0 Å². The van der Waals surface area contributed by atoms with E-state index in [9.17, 15) is 26.4 Å². The molecule has 21 heavy (non-hydrogen) atoms. The number of hydrogen-bond donors (Lipinski definition) is 0. The SMILES string of the molecule is CS(=O)(=O)c1ccc(C(=O)N(CC(F)(F)F)C2CCC2)o1. The van der Waals surface area contributed by atoms with Crippen molar-refractivity contribution in [2.45, 2.75) is 36.6 Å². The third-order valence-corrected chi connectivity index (χ3v) is 4.23. The summed E-state index contributed by atoms with van der Waals surface area (Å²) in [4.78, 5) is 12.8. The monoisotopic (exact) mass is 325 g/mol. The van der Waals surface area contributed by atoms with Crippen LogP contribution < -0.4 is 0 Å². The van der Waals surface area contributed by atoms with Gasteiger partial charge in [-0.1, -0.05) is 0 Å². The van der Waals surface area contributed by atoms with E-state index in [4.69, 9.17) is 4.42 Å². The maximum Gasteiger partial charge on any atom is 0.406 e. The molecule has 0 radical (unpaired) electrons. The molecule has 0 saturated heterocycles. The third-order valence-electron chi connectivity index (χ3n) is 3.28. The molecule has 0 aromatic carbocycles. The van der Waals surface area contributed by atoms with Crippen molar-refractivity contribution in [1.82, 2.24) is 4.90 Å². The number of carbonyl (C=O) groups excluding carboxylic acids is 1. The molecule has 0 N–H and O–H groups in total. The Morgan fingerprint density at radius 1 is 1.38 bits per heavy atom. The molecule has 1 aromatic rings. The molecule has 0 atom stereocenters. The van der Waals surface area contributed by atoms with E-state index in [2.05, 4.69) is 0 Å². The predicted octanol–water partition coefficient (Wildman–Crippen LogP) is 2.24. The number of nitrogens with zero attached hydrogens (tertiary/aromatic N) is 1. The minimum absolute atomic E-state index is 0.397. The first-order valence-electron chi connectivity index (χ1n) is 6.25. The fraction of sp³-hybridized carbons (Fsp3) is 0.583. The number of sulfone groups is 1. The van der Waals surface area contributed by atoms with Crippen LogP contribution in [0.1, 0.15) is 29.8 Å². The van der Waals surface area contributed by atoms with Gasteiger partial charge < -0.3 is 9.32 Å². The van der Waals surface area contributed by atoms with Gasteiger partial charge in [-0.3, -0.25) is 4.79 Å². The summed E-state index contributed by atoms with van der Waals surface area (Å²) >= 11 is 0. The zero-order chi connectivity index (χ0) is 15.8. The summed E-state index contributed by atoms with van der Waals surface area (Å²) in [6.07, 6.45) is -1.86. The first-order valence-corrected chi connectivity index (χ1v) is 8.15. The lowest BCUT2D eigenvalue weighted by molar-refractivity contribution is -0.147. The summed E-state index contributed by atoms with van der Waals surface area (Å²) in [5, 5.41) is -0.439. The highest BCUT2D eigenvalue weighted by Gasteiger charge is 2.39. The molecule has 2 rings (SSSR count). The van der Waals surface area contributed by atoms with Gasteiger partial charge in [0.2, 0.25) is 14.9 Å². The molecule has 0 unspecified atom stereocenters. The molecule has 5 nitrogen and oxygen atoms in total. The number of rotatable bonds is 4. The van der Waals surface area contributed by atoms with Gasteiger partial charge in [-0.05, 0) is 31.4 Å². The number of amides is 1. The highest BCUT2D eigenvalue weighted by Crippen LogP contribution is 2.30. The molecule has 1 saturated carbocycles. The molecule has 9 heteroatoms. The molecule has 0 bridgehead atoms. The number of hydrogen-bond acceptors (Lipinski definition) is 4. The molecule has 1 fully saturated rings. The standard InChI is InChI=1S/C12H14F3NO4S/c1-21(18,19)10-6-5-9(20-10)11(17)16(7-12(13,14)15)8-3-2-4-8/h5-6,8H,2-4,7H2,1H3. The van der Waals surface area contributed by atoms with Crippen molar-refractivity contribution in [1.29, 1.82) is 0 Å². The van der Waals surface area contributed by atoms with E-state index in [1.54, 1.807) is 0 Å². The van der Waals surface area contributed by atoms with Crippen molar-refractivity contribution < 1.29 is 30.8 Å². The molecule has 1 aliphatic rings. The quantitative estimate of drug-likeness (QED) is 0.851. The molecule has 1 heterocycles. The van der Waals surface area contributed by atoms with Gasteiger partial charge in [-0.2, -0.15) is 13.2 Å². The summed E-state index contributed by atoms with van der Waals surface area (Å²) in [6.45, 7) is -1.37. The Kier molecular flexibility index (Phi) is 4.05. The van der Waals surface area contributed by atoms with Gasteiger partial charge in [0.05, 0.1) is 0 Å². The Morgan fingerprint density at radius 3 is 2.38 bits per heavy atom. The van der Waals surface area contributed by atoms with Crippen LogP contribution in [0.15, 0.2) is 21.6 Å². The largest absolute Gasteiger partial charge is 0.440 e. The van der Waals surface area contributed by atoms with Gasteiger partial charge >= 0.3 is 6.18 Å². The second-order valence-corrected chi connectivity index (χ2v) is 6.97. The first kappa shape index (κ1) is 15.9. The lowest BCUT2D eigenvalue weighted by atomic mass is 9.91. The van der Waals surface area contributed by atoms with E-state index in [1.165, 1.54) is 0 Å². The summed E-state index contributed by atoms with van der Waals surface area (Å²) < 4.78 is 65.1. The fourth-order valence-electron chi connectivity index (χ4n) is 2.03. The molecular formula is C12H14F3NO4S. The number of furan rings is 1. The molecule has 1 aliphatic carbocycles. The Morgan fingerprint density at radius 2 is 2.00 bits per heavy atom. The second kappa shape index (κ2) is 5.36. The van der Waals surface area contributed by atoms with Crippen LogP contribution >= 0.6 is 0 Å². The lowest BCUT2D eigenvalue weighted by Gasteiger charge is -2.37. The molecule has 1 amide bonds. The van der Waals surface area contributed by atoms with Crippen LogP contribution in [0.3, 0.4) is 0 Å². The van der Waals surface area contributed by atoms with Crippen molar-refractivity contribution in [3.63, 3.8) is 0 Å². The van der Waals surface area contributed by atoms with Crippen LogP contribution in [0, 0.1) is 0 Å². The Hall–Kier alpha value is -1.51. The average Bonchev–Trinajstić information content (AvgIpc) is 2.71. The van der Waals surface area contributed by atoms with E-state index in [0.717, 1.165) is 24.8 Å². The molecule has 0 spiro atoms. The topological polar surface area (TPSA) is 67.6 Å².